The van der Waals surface area contributed by atoms with Crippen molar-refractivity contribution in [3.63, 3.8) is 0 Å². The molecule has 2 heterocycles. The van der Waals surface area contributed by atoms with Gasteiger partial charge in [-0.3, -0.25) is 9.59 Å². The Bertz CT molecular complexity index is 1780. The Morgan fingerprint density at radius 2 is 0.959 bits per heavy atom. The van der Waals surface area contributed by atoms with Gasteiger partial charge >= 0.3 is 12.2 Å². The summed E-state index contributed by atoms with van der Waals surface area (Å²) < 4.78 is 24.5. The Hall–Kier alpha value is -5.57. The van der Waals surface area contributed by atoms with E-state index in [1.165, 1.54) is 17.0 Å². The molecule has 0 saturated carbocycles. The van der Waals surface area contributed by atoms with Gasteiger partial charge in [-0.05, 0) is 60.1 Å². The van der Waals surface area contributed by atoms with E-state index < -0.39 is 53.7 Å². The van der Waals surface area contributed by atoms with Crippen molar-refractivity contribution < 1.29 is 33.0 Å². The van der Waals surface area contributed by atoms with Crippen molar-refractivity contribution in [2.75, 3.05) is 13.2 Å². The number of imide groups is 2. The summed E-state index contributed by atoms with van der Waals surface area (Å²) in [5.41, 5.74) is 3.45. The SMILES string of the molecule is O=C1OC[C@H](Cc2ccccc2)N1C(=O)C(C=C[C@H](Cc1ccccc1)C(=O)N1C(=O)OC[C@@H]1Cc1ccccc1)Cc1ccc(F)cc1. The fourth-order valence-electron chi connectivity index (χ4n) is 6.38. The van der Waals surface area contributed by atoms with Crippen molar-refractivity contribution >= 4 is 24.0 Å². The Labute approximate surface area is 284 Å². The Balaban J connectivity index is 1.31. The summed E-state index contributed by atoms with van der Waals surface area (Å²) in [7, 11) is 0. The first-order valence-corrected chi connectivity index (χ1v) is 16.4. The normalized spacial score (nSPS) is 18.7. The number of cyclic esters (lactones) is 2. The molecule has 0 radical (unpaired) electrons. The maximum atomic E-state index is 14.3. The minimum atomic E-state index is -0.897. The highest BCUT2D eigenvalue weighted by Crippen LogP contribution is 2.26. The van der Waals surface area contributed by atoms with Crippen LogP contribution in [0.2, 0.25) is 0 Å². The predicted octanol–water partition coefficient (Wildman–Crippen LogP) is 6.58. The lowest BCUT2D eigenvalue weighted by molar-refractivity contribution is -0.133. The van der Waals surface area contributed by atoms with Gasteiger partial charge in [0.05, 0.1) is 23.9 Å². The third kappa shape index (κ3) is 8.30. The molecule has 4 amide bonds. The second-order valence-corrected chi connectivity index (χ2v) is 12.4. The van der Waals surface area contributed by atoms with Crippen molar-refractivity contribution in [1.82, 2.24) is 9.80 Å². The summed E-state index contributed by atoms with van der Waals surface area (Å²) in [6.07, 6.45) is 3.11. The molecular weight excluding hydrogens is 623 g/mol. The molecular formula is C40H37FN2O6. The summed E-state index contributed by atoms with van der Waals surface area (Å²) in [6.45, 7) is 0.133. The monoisotopic (exact) mass is 660 g/mol. The minimum absolute atomic E-state index is 0.0570. The number of halogens is 1. The molecule has 49 heavy (non-hydrogen) atoms. The number of amides is 4. The van der Waals surface area contributed by atoms with Gasteiger partial charge in [0.1, 0.15) is 19.0 Å². The number of rotatable bonds is 12. The van der Waals surface area contributed by atoms with E-state index >= 15 is 0 Å². The van der Waals surface area contributed by atoms with Crippen LogP contribution in [0.4, 0.5) is 14.0 Å². The number of benzene rings is 4. The Kier molecular flexibility index (Phi) is 10.6. The second-order valence-electron chi connectivity index (χ2n) is 12.4. The van der Waals surface area contributed by atoms with Crippen LogP contribution in [0.3, 0.4) is 0 Å². The van der Waals surface area contributed by atoms with Crippen LogP contribution >= 0.6 is 0 Å². The van der Waals surface area contributed by atoms with Crippen LogP contribution in [0.15, 0.2) is 127 Å². The Morgan fingerprint density at radius 3 is 1.37 bits per heavy atom. The van der Waals surface area contributed by atoms with Gasteiger partial charge in [0.2, 0.25) is 11.8 Å². The first-order valence-electron chi connectivity index (χ1n) is 16.4. The molecule has 0 aromatic heterocycles. The maximum absolute atomic E-state index is 14.3. The summed E-state index contributed by atoms with van der Waals surface area (Å²) in [5, 5.41) is 0. The van der Waals surface area contributed by atoms with Crippen LogP contribution in [0.1, 0.15) is 22.3 Å². The van der Waals surface area contributed by atoms with E-state index in [-0.39, 0.29) is 26.1 Å². The number of nitrogens with zero attached hydrogens (tertiary/aromatic N) is 2. The quantitative estimate of drug-likeness (QED) is 0.160. The average Bonchev–Trinajstić information content (AvgIpc) is 3.67. The van der Waals surface area contributed by atoms with Crippen molar-refractivity contribution in [3.8, 4) is 0 Å². The summed E-state index contributed by atoms with van der Waals surface area (Å²) in [5.74, 6) is -3.08. The van der Waals surface area contributed by atoms with E-state index in [4.69, 9.17) is 9.47 Å². The fourth-order valence-corrected chi connectivity index (χ4v) is 6.38. The molecule has 2 aliphatic heterocycles. The van der Waals surface area contributed by atoms with Gasteiger partial charge in [-0.25, -0.2) is 23.8 Å². The highest BCUT2D eigenvalue weighted by molar-refractivity contribution is 5.97. The molecule has 8 nitrogen and oxygen atoms in total. The highest BCUT2D eigenvalue weighted by Gasteiger charge is 2.42. The van der Waals surface area contributed by atoms with Gasteiger partial charge in [-0.1, -0.05) is 115 Å². The van der Waals surface area contributed by atoms with Crippen molar-refractivity contribution in [2.45, 2.75) is 37.8 Å². The maximum Gasteiger partial charge on any atom is 0.417 e. The molecule has 4 aromatic carbocycles. The molecule has 1 unspecified atom stereocenters. The standard InChI is InChI=1S/C40H37FN2O6/c41-34-20-16-31(17-21-34)23-33(38(45)43-36(27-49-40(43)47)25-30-14-8-3-9-15-30)19-18-32(22-28-10-4-1-5-11-28)37(44)42-35(26-48-39(42)46)24-29-12-6-2-7-13-29/h1-21,32-33,35-36H,22-27H2/t32-,33?,35+,36+/m1/s1. The van der Waals surface area contributed by atoms with E-state index in [2.05, 4.69) is 0 Å². The molecule has 4 aromatic rings. The van der Waals surface area contributed by atoms with Crippen LogP contribution in [0.5, 0.6) is 0 Å². The van der Waals surface area contributed by atoms with Crippen LogP contribution in [-0.2, 0) is 44.7 Å². The topological polar surface area (TPSA) is 93.2 Å². The van der Waals surface area contributed by atoms with E-state index in [0.717, 1.165) is 21.6 Å². The molecule has 250 valence electrons. The van der Waals surface area contributed by atoms with Crippen LogP contribution in [0.25, 0.3) is 0 Å². The first kappa shape index (κ1) is 33.3. The van der Waals surface area contributed by atoms with E-state index in [0.29, 0.717) is 18.4 Å². The van der Waals surface area contributed by atoms with Gasteiger partial charge < -0.3 is 9.47 Å². The molecule has 0 N–H and O–H groups in total. The minimum Gasteiger partial charge on any atom is -0.447 e. The van der Waals surface area contributed by atoms with Crippen molar-refractivity contribution in [1.29, 1.82) is 0 Å². The van der Waals surface area contributed by atoms with Gasteiger partial charge in [-0.15, -0.1) is 0 Å². The summed E-state index contributed by atoms with van der Waals surface area (Å²) >= 11 is 0. The number of carbonyl (C=O) groups is 4. The summed E-state index contributed by atoms with van der Waals surface area (Å²) in [4.78, 5) is 56.9. The van der Waals surface area contributed by atoms with Gasteiger partial charge in [-0.2, -0.15) is 0 Å². The zero-order valence-corrected chi connectivity index (χ0v) is 26.9. The van der Waals surface area contributed by atoms with Crippen molar-refractivity contribution in [3.05, 3.63) is 155 Å². The largest absolute Gasteiger partial charge is 0.447 e. The average molecular weight is 661 g/mol. The third-order valence-corrected chi connectivity index (χ3v) is 8.90. The molecule has 2 fully saturated rings. The smallest absolute Gasteiger partial charge is 0.417 e. The number of hydrogen-bond acceptors (Lipinski definition) is 6. The second kappa shape index (κ2) is 15.6. The number of hydrogen-bond donors (Lipinski definition) is 0. The van der Waals surface area contributed by atoms with E-state index in [9.17, 15) is 23.6 Å². The van der Waals surface area contributed by atoms with E-state index in [1.54, 1.807) is 24.3 Å². The molecule has 4 atom stereocenters. The molecule has 9 heteroatoms. The van der Waals surface area contributed by atoms with Gasteiger partial charge in [0.25, 0.3) is 0 Å². The fraction of sp³-hybridized carbons (Fsp3) is 0.250. The molecule has 2 saturated heterocycles. The van der Waals surface area contributed by atoms with Gasteiger partial charge in [0, 0.05) is 0 Å². The first-order chi connectivity index (χ1) is 23.9. The molecule has 0 spiro atoms. The van der Waals surface area contributed by atoms with Crippen LogP contribution in [0, 0.1) is 17.7 Å². The lowest BCUT2D eigenvalue weighted by Crippen LogP contribution is -2.44. The molecule has 6 rings (SSSR count). The lowest BCUT2D eigenvalue weighted by Gasteiger charge is -2.25. The van der Waals surface area contributed by atoms with Gasteiger partial charge in [0.15, 0.2) is 0 Å². The predicted molar refractivity (Wildman–Crippen MR) is 181 cm³/mol. The van der Waals surface area contributed by atoms with Crippen LogP contribution in [-0.4, -0.2) is 59.1 Å². The zero-order valence-electron chi connectivity index (χ0n) is 26.9. The molecule has 0 aliphatic carbocycles. The number of ether oxygens (including phenoxy) is 2. The molecule has 2 aliphatic rings. The van der Waals surface area contributed by atoms with Crippen molar-refractivity contribution in [2.24, 2.45) is 11.8 Å². The lowest BCUT2D eigenvalue weighted by atomic mass is 9.91. The van der Waals surface area contributed by atoms with E-state index in [1.807, 2.05) is 91.0 Å². The summed E-state index contributed by atoms with van der Waals surface area (Å²) in [6, 6.07) is 33.3. The number of carbonyl (C=O) groups excluding carboxylic acids is 4. The molecule has 0 bridgehead atoms. The highest BCUT2D eigenvalue weighted by atomic mass is 19.1. The third-order valence-electron chi connectivity index (χ3n) is 8.90. The Morgan fingerprint density at radius 1 is 0.592 bits per heavy atom. The zero-order chi connectivity index (χ0) is 34.2. The van der Waals surface area contributed by atoms with Crippen LogP contribution < -0.4 is 0 Å².